The Morgan fingerprint density at radius 2 is 1.90 bits per heavy atom. The summed E-state index contributed by atoms with van der Waals surface area (Å²) in [6.45, 7) is 6.90. The van der Waals surface area contributed by atoms with Crippen molar-refractivity contribution in [2.75, 3.05) is 20.2 Å². The highest BCUT2D eigenvalue weighted by Crippen LogP contribution is 2.64. The van der Waals surface area contributed by atoms with Crippen LogP contribution in [0.2, 0.25) is 0 Å². The van der Waals surface area contributed by atoms with Gasteiger partial charge in [0.15, 0.2) is 0 Å². The average molecular weight is 402 g/mol. The van der Waals surface area contributed by atoms with Crippen LogP contribution in [-0.4, -0.2) is 48.9 Å². The van der Waals surface area contributed by atoms with Gasteiger partial charge >= 0.3 is 12.1 Å². The van der Waals surface area contributed by atoms with E-state index < -0.39 is 5.60 Å². The summed E-state index contributed by atoms with van der Waals surface area (Å²) in [5.41, 5.74) is 1.92. The SMILES string of the molecule is COC(=O)C1CC12CCc1cccc(OC3CCN(C(=O)OC(C)(C)C)CC3)c12. The first-order valence-corrected chi connectivity index (χ1v) is 10.6. The van der Waals surface area contributed by atoms with Gasteiger partial charge < -0.3 is 19.1 Å². The maximum Gasteiger partial charge on any atom is 0.410 e. The highest BCUT2D eigenvalue weighted by Gasteiger charge is 2.63. The largest absolute Gasteiger partial charge is 0.490 e. The van der Waals surface area contributed by atoms with Gasteiger partial charge in [-0.05, 0) is 51.7 Å². The molecule has 6 heteroatoms. The van der Waals surface area contributed by atoms with E-state index in [1.807, 2.05) is 32.9 Å². The Kier molecular flexibility index (Phi) is 4.99. The third-order valence-electron chi connectivity index (χ3n) is 6.40. The number of aryl methyl sites for hydroxylation is 1. The maximum atomic E-state index is 12.3. The van der Waals surface area contributed by atoms with E-state index in [-0.39, 0.29) is 29.5 Å². The summed E-state index contributed by atoms with van der Waals surface area (Å²) in [4.78, 5) is 26.2. The molecule has 1 aliphatic heterocycles. The summed E-state index contributed by atoms with van der Waals surface area (Å²) in [7, 11) is 1.46. The standard InChI is InChI=1S/C23H31NO5/c1-22(2,3)29-21(26)24-12-9-16(10-13-24)28-18-7-5-6-15-8-11-23(19(15)18)14-17(23)20(25)27-4/h5-7,16-17H,8-14H2,1-4H3. The Labute approximate surface area is 172 Å². The molecule has 2 atom stereocenters. The van der Waals surface area contributed by atoms with Gasteiger partial charge in [0.2, 0.25) is 0 Å². The molecule has 1 heterocycles. The fourth-order valence-corrected chi connectivity index (χ4v) is 4.90. The van der Waals surface area contributed by atoms with Crippen LogP contribution in [0.3, 0.4) is 0 Å². The Morgan fingerprint density at radius 3 is 2.55 bits per heavy atom. The van der Waals surface area contributed by atoms with Gasteiger partial charge in [-0.15, -0.1) is 0 Å². The monoisotopic (exact) mass is 401 g/mol. The third kappa shape index (κ3) is 3.81. The number of piperidine rings is 1. The number of benzene rings is 1. The molecule has 0 N–H and O–H groups in total. The van der Waals surface area contributed by atoms with Gasteiger partial charge in [0.05, 0.1) is 13.0 Å². The minimum absolute atomic E-state index is 0.0486. The summed E-state index contributed by atoms with van der Waals surface area (Å²) in [6.07, 6.45) is 4.18. The van der Waals surface area contributed by atoms with Crippen molar-refractivity contribution in [3.8, 4) is 5.75 Å². The van der Waals surface area contributed by atoms with Gasteiger partial charge in [-0.1, -0.05) is 12.1 Å². The molecule has 2 aliphatic carbocycles. The molecule has 6 nitrogen and oxygen atoms in total. The van der Waals surface area contributed by atoms with E-state index in [4.69, 9.17) is 14.2 Å². The molecule has 158 valence electrons. The summed E-state index contributed by atoms with van der Waals surface area (Å²) in [6, 6.07) is 6.21. The number of hydrogen-bond donors (Lipinski definition) is 0. The van der Waals surface area contributed by atoms with E-state index in [9.17, 15) is 9.59 Å². The number of rotatable bonds is 3. The lowest BCUT2D eigenvalue weighted by molar-refractivity contribution is -0.142. The number of hydrogen-bond acceptors (Lipinski definition) is 5. The maximum absolute atomic E-state index is 12.3. The van der Waals surface area contributed by atoms with Crippen LogP contribution in [0.1, 0.15) is 57.6 Å². The average Bonchev–Trinajstić information content (AvgIpc) is 3.27. The first-order valence-electron chi connectivity index (χ1n) is 10.6. The van der Waals surface area contributed by atoms with Gasteiger partial charge in [-0.2, -0.15) is 0 Å². The molecule has 2 fully saturated rings. The molecular formula is C23H31NO5. The van der Waals surface area contributed by atoms with Crippen molar-refractivity contribution in [2.24, 2.45) is 5.92 Å². The quantitative estimate of drug-likeness (QED) is 0.720. The van der Waals surface area contributed by atoms with Gasteiger partial charge in [0.1, 0.15) is 17.5 Å². The van der Waals surface area contributed by atoms with Crippen molar-refractivity contribution >= 4 is 12.1 Å². The summed E-state index contributed by atoms with van der Waals surface area (Å²) >= 11 is 0. The molecule has 2 unspecified atom stereocenters. The molecule has 1 saturated heterocycles. The van der Waals surface area contributed by atoms with Crippen molar-refractivity contribution in [3.05, 3.63) is 29.3 Å². The first-order chi connectivity index (χ1) is 13.7. The van der Waals surface area contributed by atoms with Gasteiger partial charge in [0, 0.05) is 36.9 Å². The topological polar surface area (TPSA) is 65.1 Å². The Bertz CT molecular complexity index is 806. The molecule has 4 rings (SSSR count). The highest BCUT2D eigenvalue weighted by atomic mass is 16.6. The molecule has 1 spiro atoms. The molecule has 0 radical (unpaired) electrons. The second-order valence-electron chi connectivity index (χ2n) is 9.51. The summed E-state index contributed by atoms with van der Waals surface area (Å²) in [5.74, 6) is 0.743. The second-order valence-corrected chi connectivity index (χ2v) is 9.51. The first kappa shape index (κ1) is 20.0. The molecule has 1 aromatic rings. The number of fused-ring (bicyclic) bond motifs is 2. The fourth-order valence-electron chi connectivity index (χ4n) is 4.90. The molecular weight excluding hydrogens is 370 g/mol. The number of likely N-dealkylation sites (tertiary alicyclic amines) is 1. The molecule has 1 amide bonds. The molecule has 1 aromatic carbocycles. The lowest BCUT2D eigenvalue weighted by atomic mass is 9.94. The van der Waals surface area contributed by atoms with Crippen molar-refractivity contribution < 1.29 is 23.8 Å². The van der Waals surface area contributed by atoms with Crippen LogP contribution in [0.25, 0.3) is 0 Å². The number of esters is 1. The predicted molar refractivity (Wildman–Crippen MR) is 108 cm³/mol. The number of ether oxygens (including phenoxy) is 3. The van der Waals surface area contributed by atoms with Crippen LogP contribution < -0.4 is 4.74 Å². The molecule has 29 heavy (non-hydrogen) atoms. The molecule has 0 aromatic heterocycles. The van der Waals surface area contributed by atoms with Crippen molar-refractivity contribution in [3.63, 3.8) is 0 Å². The van der Waals surface area contributed by atoms with Crippen molar-refractivity contribution in [1.29, 1.82) is 0 Å². The number of carbonyl (C=O) groups excluding carboxylic acids is 2. The molecule has 1 saturated carbocycles. The summed E-state index contributed by atoms with van der Waals surface area (Å²) in [5, 5.41) is 0. The number of carbonyl (C=O) groups is 2. The van der Waals surface area contributed by atoms with Crippen LogP contribution in [-0.2, 0) is 26.1 Å². The zero-order valence-corrected chi connectivity index (χ0v) is 17.8. The molecule has 0 bridgehead atoms. The van der Waals surface area contributed by atoms with Crippen LogP contribution in [0, 0.1) is 5.92 Å². The molecule has 3 aliphatic rings. The zero-order valence-electron chi connectivity index (χ0n) is 17.8. The van der Waals surface area contributed by atoms with E-state index >= 15 is 0 Å². The Hall–Kier alpha value is -2.24. The normalized spacial score (nSPS) is 26.2. The van der Waals surface area contributed by atoms with Gasteiger partial charge in [0.25, 0.3) is 0 Å². The number of methoxy groups -OCH3 is 1. The Morgan fingerprint density at radius 1 is 1.17 bits per heavy atom. The van der Waals surface area contributed by atoms with Crippen LogP contribution in [0.5, 0.6) is 5.75 Å². The van der Waals surface area contributed by atoms with Crippen molar-refractivity contribution in [2.45, 2.75) is 70.0 Å². The Balaban J connectivity index is 1.42. The van der Waals surface area contributed by atoms with E-state index in [2.05, 4.69) is 6.07 Å². The fraction of sp³-hybridized carbons (Fsp3) is 0.652. The van der Waals surface area contributed by atoms with Crippen LogP contribution >= 0.6 is 0 Å². The van der Waals surface area contributed by atoms with E-state index in [0.29, 0.717) is 13.1 Å². The predicted octanol–water partition coefficient (Wildman–Crippen LogP) is 3.84. The summed E-state index contributed by atoms with van der Waals surface area (Å²) < 4.78 is 16.9. The van der Waals surface area contributed by atoms with E-state index in [1.165, 1.54) is 18.2 Å². The zero-order chi connectivity index (χ0) is 20.8. The van der Waals surface area contributed by atoms with E-state index in [0.717, 1.165) is 37.9 Å². The van der Waals surface area contributed by atoms with E-state index in [1.54, 1.807) is 4.90 Å². The van der Waals surface area contributed by atoms with Crippen molar-refractivity contribution in [1.82, 2.24) is 4.90 Å². The van der Waals surface area contributed by atoms with Gasteiger partial charge in [-0.25, -0.2) is 4.79 Å². The smallest absolute Gasteiger partial charge is 0.410 e. The second kappa shape index (κ2) is 7.22. The minimum atomic E-state index is -0.482. The highest BCUT2D eigenvalue weighted by molar-refractivity contribution is 5.80. The van der Waals surface area contributed by atoms with Gasteiger partial charge in [-0.3, -0.25) is 4.79 Å². The lowest BCUT2D eigenvalue weighted by Gasteiger charge is -2.34. The third-order valence-corrected chi connectivity index (χ3v) is 6.40. The minimum Gasteiger partial charge on any atom is -0.490 e. The number of nitrogens with zero attached hydrogens (tertiary/aromatic N) is 1. The van der Waals surface area contributed by atoms with Crippen LogP contribution in [0.4, 0.5) is 4.79 Å². The van der Waals surface area contributed by atoms with Crippen LogP contribution in [0.15, 0.2) is 18.2 Å². The number of amides is 1. The lowest BCUT2D eigenvalue weighted by Crippen LogP contribution is -2.44.